The maximum absolute atomic E-state index is 12.7. The van der Waals surface area contributed by atoms with Crippen LogP contribution in [0.4, 0.5) is 10.6 Å². The second-order valence-electron chi connectivity index (χ2n) is 8.42. The van der Waals surface area contributed by atoms with Crippen LogP contribution in [0.1, 0.15) is 33.4 Å². The van der Waals surface area contributed by atoms with Gasteiger partial charge < -0.3 is 15.0 Å². The lowest BCUT2D eigenvalue weighted by molar-refractivity contribution is -0.117. The molecule has 3 rings (SSSR count). The Morgan fingerprint density at radius 1 is 1.10 bits per heavy atom. The first-order valence-corrected chi connectivity index (χ1v) is 10.4. The average Bonchev–Trinajstić information content (AvgIpc) is 3.13. The highest BCUT2D eigenvalue weighted by Gasteiger charge is 2.25. The van der Waals surface area contributed by atoms with Crippen molar-refractivity contribution in [2.75, 3.05) is 44.6 Å². The number of benzene rings is 1. The van der Waals surface area contributed by atoms with Gasteiger partial charge >= 0.3 is 6.09 Å². The maximum Gasteiger partial charge on any atom is 0.409 e. The first-order valence-electron chi connectivity index (χ1n) is 10.4. The molecule has 0 atom stereocenters. The van der Waals surface area contributed by atoms with Crippen molar-refractivity contribution in [3.63, 3.8) is 0 Å². The molecule has 0 spiro atoms. The average molecular weight is 414 g/mol. The van der Waals surface area contributed by atoms with Gasteiger partial charge in [0.2, 0.25) is 5.91 Å². The molecule has 2 aromatic rings. The molecular formula is C22H31N5O3. The molecule has 0 aliphatic carbocycles. The number of piperazine rings is 1. The van der Waals surface area contributed by atoms with Gasteiger partial charge in [-0.05, 0) is 19.1 Å². The molecule has 1 aliphatic rings. The number of hydrogen-bond acceptors (Lipinski definition) is 5. The van der Waals surface area contributed by atoms with Crippen LogP contribution in [0.2, 0.25) is 0 Å². The summed E-state index contributed by atoms with van der Waals surface area (Å²) in [6.45, 7) is 11.1. The first-order chi connectivity index (χ1) is 14.3. The lowest BCUT2D eigenvalue weighted by atomic mass is 9.92. The fourth-order valence-corrected chi connectivity index (χ4v) is 3.29. The SMILES string of the molecule is CCOC(=O)N1CCN(CC(=O)Nc2cc(C(C)(C)C)nn2-c2ccccc2)CC1. The summed E-state index contributed by atoms with van der Waals surface area (Å²) < 4.78 is 6.82. The molecule has 162 valence electrons. The van der Waals surface area contributed by atoms with E-state index in [1.807, 2.05) is 41.3 Å². The van der Waals surface area contributed by atoms with Gasteiger partial charge in [0.15, 0.2) is 0 Å². The molecule has 2 amide bonds. The number of para-hydroxylation sites is 1. The molecule has 8 heteroatoms. The fourth-order valence-electron chi connectivity index (χ4n) is 3.29. The molecule has 8 nitrogen and oxygen atoms in total. The minimum atomic E-state index is -0.289. The van der Waals surface area contributed by atoms with E-state index in [1.165, 1.54) is 0 Å². The summed E-state index contributed by atoms with van der Waals surface area (Å²) >= 11 is 0. The molecule has 1 aromatic carbocycles. The molecule has 0 radical (unpaired) electrons. The van der Waals surface area contributed by atoms with E-state index < -0.39 is 0 Å². The van der Waals surface area contributed by atoms with Crippen molar-refractivity contribution >= 4 is 17.8 Å². The van der Waals surface area contributed by atoms with E-state index in [0.717, 1.165) is 11.4 Å². The van der Waals surface area contributed by atoms with Crippen molar-refractivity contribution in [2.24, 2.45) is 0 Å². The zero-order chi connectivity index (χ0) is 21.7. The smallest absolute Gasteiger partial charge is 0.409 e. The molecule has 0 bridgehead atoms. The maximum atomic E-state index is 12.7. The molecular weight excluding hydrogens is 382 g/mol. The van der Waals surface area contributed by atoms with Gasteiger partial charge in [-0.1, -0.05) is 39.0 Å². The summed E-state index contributed by atoms with van der Waals surface area (Å²) in [5.74, 6) is 0.554. The lowest BCUT2D eigenvalue weighted by Gasteiger charge is -2.33. The third kappa shape index (κ3) is 5.38. The molecule has 1 saturated heterocycles. The van der Waals surface area contributed by atoms with Gasteiger partial charge in [-0.2, -0.15) is 5.10 Å². The van der Waals surface area contributed by atoms with Crippen LogP contribution in [0.5, 0.6) is 0 Å². The van der Waals surface area contributed by atoms with Gasteiger partial charge in [0.25, 0.3) is 0 Å². The third-order valence-corrected chi connectivity index (χ3v) is 5.01. The van der Waals surface area contributed by atoms with Crippen molar-refractivity contribution in [3.05, 3.63) is 42.1 Å². The molecule has 1 aliphatic heterocycles. The second kappa shape index (κ2) is 9.30. The van der Waals surface area contributed by atoms with Crippen molar-refractivity contribution in [3.8, 4) is 5.69 Å². The van der Waals surface area contributed by atoms with Gasteiger partial charge in [-0.25, -0.2) is 9.48 Å². The number of anilines is 1. The minimum Gasteiger partial charge on any atom is -0.450 e. The number of amides is 2. The summed E-state index contributed by atoms with van der Waals surface area (Å²) in [5.41, 5.74) is 1.67. The summed E-state index contributed by atoms with van der Waals surface area (Å²) in [6, 6.07) is 11.7. The number of nitrogens with zero attached hydrogens (tertiary/aromatic N) is 4. The largest absolute Gasteiger partial charge is 0.450 e. The highest BCUT2D eigenvalue weighted by Crippen LogP contribution is 2.26. The Hall–Kier alpha value is -2.87. The predicted molar refractivity (Wildman–Crippen MR) is 116 cm³/mol. The van der Waals surface area contributed by atoms with Gasteiger partial charge in [0.05, 0.1) is 24.5 Å². The minimum absolute atomic E-state index is 0.0999. The van der Waals surface area contributed by atoms with Crippen LogP contribution in [0.15, 0.2) is 36.4 Å². The van der Waals surface area contributed by atoms with Crippen molar-refractivity contribution in [1.29, 1.82) is 0 Å². The summed E-state index contributed by atoms with van der Waals surface area (Å²) in [5, 5.41) is 7.75. The van der Waals surface area contributed by atoms with E-state index in [9.17, 15) is 9.59 Å². The lowest BCUT2D eigenvalue weighted by Crippen LogP contribution is -2.50. The number of rotatable bonds is 5. The predicted octanol–water partition coefficient (Wildman–Crippen LogP) is 2.88. The van der Waals surface area contributed by atoms with E-state index in [0.29, 0.717) is 38.6 Å². The Kier molecular flexibility index (Phi) is 6.77. The van der Waals surface area contributed by atoms with E-state index >= 15 is 0 Å². The topological polar surface area (TPSA) is 79.7 Å². The van der Waals surface area contributed by atoms with Crippen LogP contribution >= 0.6 is 0 Å². The molecule has 1 aromatic heterocycles. The number of aromatic nitrogens is 2. The number of carbonyl (C=O) groups excluding carboxylic acids is 2. The zero-order valence-electron chi connectivity index (χ0n) is 18.2. The quantitative estimate of drug-likeness (QED) is 0.815. The van der Waals surface area contributed by atoms with Gasteiger partial charge in [-0.3, -0.25) is 9.69 Å². The van der Waals surface area contributed by atoms with Crippen LogP contribution in [0.3, 0.4) is 0 Å². The van der Waals surface area contributed by atoms with Crippen molar-refractivity contribution < 1.29 is 14.3 Å². The molecule has 0 saturated carbocycles. The second-order valence-corrected chi connectivity index (χ2v) is 8.42. The van der Waals surface area contributed by atoms with Gasteiger partial charge in [-0.15, -0.1) is 0 Å². The van der Waals surface area contributed by atoms with Crippen LogP contribution in [-0.4, -0.2) is 70.9 Å². The zero-order valence-corrected chi connectivity index (χ0v) is 18.2. The number of ether oxygens (including phenoxy) is 1. The summed E-state index contributed by atoms with van der Waals surface area (Å²) in [4.78, 5) is 28.3. The van der Waals surface area contributed by atoms with Gasteiger partial charge in [0.1, 0.15) is 5.82 Å². The Morgan fingerprint density at radius 2 is 1.77 bits per heavy atom. The molecule has 30 heavy (non-hydrogen) atoms. The molecule has 0 unspecified atom stereocenters. The van der Waals surface area contributed by atoms with Crippen LogP contribution < -0.4 is 5.32 Å². The summed E-state index contributed by atoms with van der Waals surface area (Å²) in [7, 11) is 0. The van der Waals surface area contributed by atoms with E-state index in [-0.39, 0.29) is 24.0 Å². The van der Waals surface area contributed by atoms with Crippen molar-refractivity contribution in [1.82, 2.24) is 19.6 Å². The monoisotopic (exact) mass is 413 g/mol. The fraction of sp³-hybridized carbons (Fsp3) is 0.500. The third-order valence-electron chi connectivity index (χ3n) is 5.01. The standard InChI is InChI=1S/C22H31N5O3/c1-5-30-21(29)26-13-11-25(12-14-26)16-20(28)23-19-15-18(22(2,3)4)24-27(19)17-9-7-6-8-10-17/h6-10,15H,5,11-14,16H2,1-4H3,(H,23,28). The Morgan fingerprint density at radius 3 is 2.37 bits per heavy atom. The first kappa shape index (κ1) is 21.8. The number of hydrogen-bond donors (Lipinski definition) is 1. The highest BCUT2D eigenvalue weighted by atomic mass is 16.6. The van der Waals surface area contributed by atoms with Crippen LogP contribution in [-0.2, 0) is 14.9 Å². The Labute approximate surface area is 177 Å². The normalized spacial score (nSPS) is 15.1. The van der Waals surface area contributed by atoms with E-state index in [1.54, 1.807) is 16.5 Å². The van der Waals surface area contributed by atoms with Crippen molar-refractivity contribution in [2.45, 2.75) is 33.1 Å². The Bertz CT molecular complexity index is 865. The molecule has 2 heterocycles. The number of nitrogens with one attached hydrogen (secondary N) is 1. The number of carbonyl (C=O) groups is 2. The van der Waals surface area contributed by atoms with E-state index in [2.05, 4.69) is 26.1 Å². The van der Waals surface area contributed by atoms with E-state index in [4.69, 9.17) is 9.84 Å². The molecule has 1 fully saturated rings. The van der Waals surface area contributed by atoms with Crippen LogP contribution in [0, 0.1) is 0 Å². The highest BCUT2D eigenvalue weighted by molar-refractivity contribution is 5.91. The van der Waals surface area contributed by atoms with Crippen LogP contribution in [0.25, 0.3) is 5.69 Å². The van der Waals surface area contributed by atoms with Gasteiger partial charge in [0, 0.05) is 37.7 Å². The summed E-state index contributed by atoms with van der Waals surface area (Å²) in [6.07, 6.45) is -0.289. The molecule has 1 N–H and O–H groups in total. The Balaban J connectivity index is 1.65.